The lowest BCUT2D eigenvalue weighted by Crippen LogP contribution is -2.07. The average Bonchev–Trinajstić information content (AvgIpc) is 2.72. The average molecular weight is 298 g/mol. The van der Waals surface area contributed by atoms with Crippen molar-refractivity contribution in [2.24, 2.45) is 5.92 Å². The van der Waals surface area contributed by atoms with Crippen molar-refractivity contribution in [3.63, 3.8) is 0 Å². The lowest BCUT2D eigenvalue weighted by atomic mass is 10.2. The fourth-order valence-electron chi connectivity index (χ4n) is 1.84. The van der Waals surface area contributed by atoms with E-state index in [9.17, 15) is 0 Å². The molecule has 0 unspecified atom stereocenters. The Bertz CT molecular complexity index is 576. The van der Waals surface area contributed by atoms with Gasteiger partial charge in [0.15, 0.2) is 0 Å². The topological polar surface area (TPSA) is 29.9 Å². The van der Waals surface area contributed by atoms with E-state index < -0.39 is 0 Å². The third-order valence-corrected chi connectivity index (χ3v) is 3.49. The number of aryl methyl sites for hydroxylation is 1. The highest BCUT2D eigenvalue weighted by atomic mass is 35.5. The van der Waals surface area contributed by atoms with Crippen LogP contribution in [0.15, 0.2) is 24.5 Å². The van der Waals surface area contributed by atoms with Gasteiger partial charge < -0.3 is 9.88 Å². The van der Waals surface area contributed by atoms with E-state index in [1.54, 1.807) is 6.20 Å². The maximum atomic E-state index is 6.22. The molecule has 2 aromatic rings. The van der Waals surface area contributed by atoms with Gasteiger partial charge >= 0.3 is 0 Å². The number of rotatable bonds is 4. The summed E-state index contributed by atoms with van der Waals surface area (Å²) in [6.07, 6.45) is 3.72. The summed E-state index contributed by atoms with van der Waals surface area (Å²) in [5.74, 6) is 1.32. The predicted octanol–water partition coefficient (Wildman–Crippen LogP) is 4.90. The first-order chi connectivity index (χ1) is 8.97. The van der Waals surface area contributed by atoms with E-state index in [0.29, 0.717) is 16.0 Å². The Kier molecular flexibility index (Phi) is 4.38. The molecule has 0 spiro atoms. The molecule has 102 valence electrons. The molecular formula is C14H17Cl2N3. The first-order valence-corrected chi connectivity index (χ1v) is 6.96. The van der Waals surface area contributed by atoms with E-state index in [0.717, 1.165) is 23.7 Å². The Morgan fingerprint density at radius 2 is 2.00 bits per heavy atom. The number of hydrogen-bond acceptors (Lipinski definition) is 2. The highest BCUT2D eigenvalue weighted by Gasteiger charge is 2.09. The molecule has 0 atom stereocenters. The van der Waals surface area contributed by atoms with Gasteiger partial charge in [0.05, 0.1) is 10.7 Å². The van der Waals surface area contributed by atoms with E-state index in [-0.39, 0.29) is 0 Å². The van der Waals surface area contributed by atoms with Crippen LogP contribution in [0.4, 0.5) is 11.6 Å². The van der Waals surface area contributed by atoms with Crippen LogP contribution in [0.2, 0.25) is 10.0 Å². The van der Waals surface area contributed by atoms with Gasteiger partial charge in [-0.3, -0.25) is 0 Å². The maximum absolute atomic E-state index is 6.22. The Balaban J connectivity index is 2.26. The normalized spacial score (nSPS) is 11.1. The fraction of sp³-hybridized carbons (Fsp3) is 0.357. The van der Waals surface area contributed by atoms with Crippen LogP contribution in [-0.2, 0) is 6.54 Å². The quantitative estimate of drug-likeness (QED) is 0.870. The summed E-state index contributed by atoms with van der Waals surface area (Å²) in [7, 11) is 0. The van der Waals surface area contributed by atoms with Gasteiger partial charge in [0.25, 0.3) is 0 Å². The highest BCUT2D eigenvalue weighted by molar-refractivity contribution is 6.35. The Morgan fingerprint density at radius 1 is 1.26 bits per heavy atom. The first kappa shape index (κ1) is 14.2. The molecule has 2 rings (SSSR count). The van der Waals surface area contributed by atoms with E-state index >= 15 is 0 Å². The van der Waals surface area contributed by atoms with Crippen LogP contribution >= 0.6 is 23.2 Å². The highest BCUT2D eigenvalue weighted by Crippen LogP contribution is 2.30. The minimum absolute atomic E-state index is 0.548. The number of nitrogens with one attached hydrogen (secondary N) is 1. The Labute approximate surface area is 123 Å². The fourth-order valence-corrected chi connectivity index (χ4v) is 2.27. The van der Waals surface area contributed by atoms with Crippen LogP contribution in [0.5, 0.6) is 0 Å². The van der Waals surface area contributed by atoms with E-state index in [2.05, 4.69) is 28.7 Å². The van der Waals surface area contributed by atoms with Crippen molar-refractivity contribution < 1.29 is 0 Å². The van der Waals surface area contributed by atoms with Gasteiger partial charge in [0.1, 0.15) is 0 Å². The summed E-state index contributed by atoms with van der Waals surface area (Å²) < 4.78 is 2.06. The molecule has 0 fully saturated rings. The monoisotopic (exact) mass is 297 g/mol. The second kappa shape index (κ2) is 5.85. The number of imidazole rings is 1. The van der Waals surface area contributed by atoms with Gasteiger partial charge in [0.2, 0.25) is 5.95 Å². The molecule has 0 aliphatic heterocycles. The molecular weight excluding hydrogens is 281 g/mol. The van der Waals surface area contributed by atoms with Crippen molar-refractivity contribution in [1.82, 2.24) is 9.55 Å². The lowest BCUT2D eigenvalue weighted by Gasteiger charge is -2.13. The molecule has 0 amide bonds. The molecule has 0 saturated heterocycles. The van der Waals surface area contributed by atoms with Crippen LogP contribution in [0, 0.1) is 12.8 Å². The number of anilines is 2. The van der Waals surface area contributed by atoms with Gasteiger partial charge in [-0.2, -0.15) is 0 Å². The largest absolute Gasteiger partial charge is 0.324 e. The van der Waals surface area contributed by atoms with Gasteiger partial charge in [-0.1, -0.05) is 37.0 Å². The molecule has 0 radical (unpaired) electrons. The van der Waals surface area contributed by atoms with Gasteiger partial charge in [-0.15, -0.1) is 0 Å². The maximum Gasteiger partial charge on any atom is 0.207 e. The van der Waals surface area contributed by atoms with E-state index in [1.807, 2.05) is 25.3 Å². The first-order valence-electron chi connectivity index (χ1n) is 6.21. The zero-order valence-electron chi connectivity index (χ0n) is 11.2. The zero-order valence-corrected chi connectivity index (χ0v) is 12.8. The summed E-state index contributed by atoms with van der Waals surface area (Å²) in [6, 6.07) is 3.68. The van der Waals surface area contributed by atoms with Gasteiger partial charge in [0, 0.05) is 24.0 Å². The van der Waals surface area contributed by atoms with Crippen LogP contribution in [-0.4, -0.2) is 9.55 Å². The third kappa shape index (κ3) is 3.43. The van der Waals surface area contributed by atoms with Crippen LogP contribution in [0.3, 0.4) is 0 Å². The van der Waals surface area contributed by atoms with Gasteiger partial charge in [-0.25, -0.2) is 4.98 Å². The van der Waals surface area contributed by atoms with Crippen molar-refractivity contribution in [1.29, 1.82) is 0 Å². The summed E-state index contributed by atoms with van der Waals surface area (Å²) >= 11 is 12.3. The zero-order chi connectivity index (χ0) is 14.0. The molecule has 1 aromatic heterocycles. The van der Waals surface area contributed by atoms with Crippen LogP contribution in [0.1, 0.15) is 19.4 Å². The van der Waals surface area contributed by atoms with Crippen molar-refractivity contribution in [3.05, 3.63) is 40.1 Å². The van der Waals surface area contributed by atoms with Crippen LogP contribution < -0.4 is 5.32 Å². The molecule has 3 nitrogen and oxygen atoms in total. The van der Waals surface area contributed by atoms with E-state index in [1.165, 1.54) is 0 Å². The SMILES string of the molecule is Cc1cc(Cl)c(Nc2nccn2CC(C)C)cc1Cl. The number of halogens is 2. The van der Waals surface area contributed by atoms with E-state index in [4.69, 9.17) is 23.2 Å². The smallest absolute Gasteiger partial charge is 0.207 e. The third-order valence-electron chi connectivity index (χ3n) is 2.77. The second-order valence-electron chi connectivity index (χ2n) is 5.00. The standard InChI is InChI=1S/C14H17Cl2N3/c1-9(2)8-19-5-4-17-14(19)18-13-7-11(15)10(3)6-12(13)16/h4-7,9H,8H2,1-3H3,(H,17,18). The predicted molar refractivity (Wildman–Crippen MR) is 81.5 cm³/mol. The van der Waals surface area contributed by atoms with Gasteiger partial charge in [-0.05, 0) is 30.5 Å². The molecule has 1 heterocycles. The molecule has 0 bridgehead atoms. The van der Waals surface area contributed by atoms with Crippen molar-refractivity contribution in [3.8, 4) is 0 Å². The number of benzene rings is 1. The molecule has 1 aromatic carbocycles. The Hall–Kier alpha value is -1.19. The van der Waals surface area contributed by atoms with Crippen molar-refractivity contribution >= 4 is 34.8 Å². The van der Waals surface area contributed by atoms with Crippen molar-refractivity contribution in [2.45, 2.75) is 27.3 Å². The van der Waals surface area contributed by atoms with Crippen LogP contribution in [0.25, 0.3) is 0 Å². The number of hydrogen-bond donors (Lipinski definition) is 1. The summed E-state index contributed by atoms with van der Waals surface area (Å²) in [5, 5.41) is 4.56. The molecule has 0 saturated carbocycles. The second-order valence-corrected chi connectivity index (χ2v) is 5.82. The number of aromatic nitrogens is 2. The molecule has 19 heavy (non-hydrogen) atoms. The summed E-state index contributed by atoms with van der Waals surface area (Å²) in [4.78, 5) is 4.31. The summed E-state index contributed by atoms with van der Waals surface area (Å²) in [6.45, 7) is 7.16. The summed E-state index contributed by atoms with van der Waals surface area (Å²) in [5.41, 5.74) is 1.73. The number of nitrogens with zero attached hydrogens (tertiary/aromatic N) is 2. The molecule has 5 heteroatoms. The Morgan fingerprint density at radius 3 is 2.68 bits per heavy atom. The minimum atomic E-state index is 0.548. The molecule has 0 aliphatic rings. The lowest BCUT2D eigenvalue weighted by molar-refractivity contribution is 0.527. The molecule has 1 N–H and O–H groups in total. The molecule has 0 aliphatic carbocycles. The minimum Gasteiger partial charge on any atom is -0.324 e. The van der Waals surface area contributed by atoms with Crippen molar-refractivity contribution in [2.75, 3.05) is 5.32 Å².